The van der Waals surface area contributed by atoms with E-state index in [1.807, 2.05) is 12.1 Å². The van der Waals surface area contributed by atoms with Gasteiger partial charge in [-0.15, -0.1) is 0 Å². The van der Waals surface area contributed by atoms with E-state index < -0.39 is 0 Å². The molecule has 2 nitrogen and oxygen atoms in total. The van der Waals surface area contributed by atoms with Crippen LogP contribution in [0.1, 0.15) is 50.0 Å². The maximum Gasteiger partial charge on any atom is 0.115 e. The molecule has 1 aromatic rings. The normalized spacial score (nSPS) is 22.9. The van der Waals surface area contributed by atoms with Crippen molar-refractivity contribution >= 4 is 0 Å². The van der Waals surface area contributed by atoms with Gasteiger partial charge >= 0.3 is 0 Å². The van der Waals surface area contributed by atoms with E-state index in [9.17, 15) is 5.11 Å². The zero-order valence-corrected chi connectivity index (χ0v) is 11.7. The van der Waals surface area contributed by atoms with Crippen molar-refractivity contribution in [2.45, 2.75) is 44.4 Å². The number of rotatable bonds is 3. The van der Waals surface area contributed by atoms with Gasteiger partial charge in [0.1, 0.15) is 5.75 Å². The fourth-order valence-corrected chi connectivity index (χ4v) is 3.75. The quantitative estimate of drug-likeness (QED) is 0.893. The third-order valence-electron chi connectivity index (χ3n) is 4.94. The van der Waals surface area contributed by atoms with Gasteiger partial charge in [0, 0.05) is 6.54 Å². The standard InChI is InChI=1S/C17H25NO/c19-17-7-5-15(6-8-17)16-9-11-18(12-10-16)13-14-3-1-2-4-14/h5-8,14,16,19H,1-4,9-13H2. The maximum absolute atomic E-state index is 9.35. The second-order valence-electron chi connectivity index (χ2n) is 6.32. The minimum Gasteiger partial charge on any atom is -0.508 e. The van der Waals surface area contributed by atoms with Gasteiger partial charge in [-0.3, -0.25) is 0 Å². The van der Waals surface area contributed by atoms with Crippen molar-refractivity contribution in [2.75, 3.05) is 19.6 Å². The SMILES string of the molecule is Oc1ccc(C2CCN(CC3CCCC3)CC2)cc1. The van der Waals surface area contributed by atoms with Gasteiger partial charge in [0.05, 0.1) is 0 Å². The second kappa shape index (κ2) is 5.96. The number of phenolic OH excluding ortho intramolecular Hbond substituents is 1. The Morgan fingerprint density at radius 2 is 1.58 bits per heavy atom. The van der Waals surface area contributed by atoms with Gasteiger partial charge < -0.3 is 10.0 Å². The van der Waals surface area contributed by atoms with Gasteiger partial charge in [-0.05, 0) is 68.3 Å². The van der Waals surface area contributed by atoms with Gasteiger partial charge in [0.2, 0.25) is 0 Å². The number of piperidine rings is 1. The van der Waals surface area contributed by atoms with E-state index in [0.717, 1.165) is 5.92 Å². The van der Waals surface area contributed by atoms with Crippen LogP contribution in [0.4, 0.5) is 0 Å². The lowest BCUT2D eigenvalue weighted by Crippen LogP contribution is -2.36. The Hall–Kier alpha value is -1.02. The molecule has 1 aromatic carbocycles. The lowest BCUT2D eigenvalue weighted by atomic mass is 9.89. The van der Waals surface area contributed by atoms with Gasteiger partial charge in [-0.25, -0.2) is 0 Å². The third-order valence-corrected chi connectivity index (χ3v) is 4.94. The van der Waals surface area contributed by atoms with Crippen LogP contribution in [-0.4, -0.2) is 29.6 Å². The second-order valence-corrected chi connectivity index (χ2v) is 6.32. The number of aromatic hydroxyl groups is 1. The van der Waals surface area contributed by atoms with Crippen molar-refractivity contribution in [1.29, 1.82) is 0 Å². The minimum absolute atomic E-state index is 0.377. The Labute approximate surface area is 116 Å². The first-order valence-electron chi connectivity index (χ1n) is 7.82. The fourth-order valence-electron chi connectivity index (χ4n) is 3.75. The van der Waals surface area contributed by atoms with Gasteiger partial charge in [0.25, 0.3) is 0 Å². The molecule has 3 rings (SSSR count). The van der Waals surface area contributed by atoms with Crippen molar-refractivity contribution < 1.29 is 5.11 Å². The molecule has 0 spiro atoms. The summed E-state index contributed by atoms with van der Waals surface area (Å²) < 4.78 is 0. The van der Waals surface area contributed by atoms with E-state index in [4.69, 9.17) is 0 Å². The van der Waals surface area contributed by atoms with Crippen LogP contribution in [0.3, 0.4) is 0 Å². The predicted molar refractivity (Wildman–Crippen MR) is 78.5 cm³/mol. The summed E-state index contributed by atoms with van der Waals surface area (Å²) in [4.78, 5) is 2.67. The van der Waals surface area contributed by atoms with Crippen LogP contribution < -0.4 is 0 Å². The Balaban J connectivity index is 1.50. The maximum atomic E-state index is 9.35. The summed E-state index contributed by atoms with van der Waals surface area (Å²) in [6.45, 7) is 3.84. The van der Waals surface area contributed by atoms with Gasteiger partial charge in [0.15, 0.2) is 0 Å². The number of benzene rings is 1. The van der Waals surface area contributed by atoms with E-state index >= 15 is 0 Å². The summed E-state index contributed by atoms with van der Waals surface area (Å²) >= 11 is 0. The van der Waals surface area contributed by atoms with Gasteiger partial charge in [-0.1, -0.05) is 25.0 Å². The molecule has 2 fully saturated rings. The molecule has 2 aliphatic rings. The molecule has 1 heterocycles. The Morgan fingerprint density at radius 3 is 2.21 bits per heavy atom. The van der Waals surface area contributed by atoms with Crippen LogP contribution in [0.5, 0.6) is 5.75 Å². The van der Waals surface area contributed by atoms with E-state index in [1.165, 1.54) is 63.7 Å². The molecule has 0 radical (unpaired) electrons. The van der Waals surface area contributed by atoms with E-state index in [-0.39, 0.29) is 0 Å². The molecule has 1 aliphatic carbocycles. The third kappa shape index (κ3) is 3.30. The van der Waals surface area contributed by atoms with Crippen molar-refractivity contribution in [2.24, 2.45) is 5.92 Å². The molecule has 104 valence electrons. The molecule has 1 aliphatic heterocycles. The zero-order chi connectivity index (χ0) is 13.1. The molecule has 2 heteroatoms. The van der Waals surface area contributed by atoms with Crippen LogP contribution >= 0.6 is 0 Å². The molecule has 1 N–H and O–H groups in total. The lowest BCUT2D eigenvalue weighted by molar-refractivity contribution is 0.183. The molecular weight excluding hydrogens is 234 g/mol. The minimum atomic E-state index is 0.377. The summed E-state index contributed by atoms with van der Waals surface area (Å²) in [5.41, 5.74) is 1.40. The summed E-state index contributed by atoms with van der Waals surface area (Å²) in [7, 11) is 0. The topological polar surface area (TPSA) is 23.5 Å². The molecule has 0 unspecified atom stereocenters. The van der Waals surface area contributed by atoms with Crippen molar-refractivity contribution in [3.8, 4) is 5.75 Å². The first-order valence-corrected chi connectivity index (χ1v) is 7.82. The molecule has 19 heavy (non-hydrogen) atoms. The molecule has 0 amide bonds. The number of likely N-dealkylation sites (tertiary alicyclic amines) is 1. The highest BCUT2D eigenvalue weighted by Gasteiger charge is 2.24. The van der Waals surface area contributed by atoms with E-state index in [2.05, 4.69) is 17.0 Å². The Bertz CT molecular complexity index is 386. The van der Waals surface area contributed by atoms with Crippen LogP contribution in [0, 0.1) is 5.92 Å². The smallest absolute Gasteiger partial charge is 0.115 e. The fraction of sp³-hybridized carbons (Fsp3) is 0.647. The first-order chi connectivity index (χ1) is 9.31. The highest BCUT2D eigenvalue weighted by molar-refractivity contribution is 5.28. The number of hydrogen-bond donors (Lipinski definition) is 1. The average Bonchev–Trinajstić information content (AvgIpc) is 2.94. The highest BCUT2D eigenvalue weighted by atomic mass is 16.3. The number of hydrogen-bond acceptors (Lipinski definition) is 2. The lowest BCUT2D eigenvalue weighted by Gasteiger charge is -2.33. The van der Waals surface area contributed by atoms with Gasteiger partial charge in [-0.2, -0.15) is 0 Å². The van der Waals surface area contributed by atoms with Crippen molar-refractivity contribution in [1.82, 2.24) is 4.90 Å². The van der Waals surface area contributed by atoms with E-state index in [0.29, 0.717) is 11.7 Å². The predicted octanol–water partition coefficient (Wildman–Crippen LogP) is 3.76. The number of nitrogens with zero attached hydrogens (tertiary/aromatic N) is 1. The summed E-state index contributed by atoms with van der Waals surface area (Å²) in [5.74, 6) is 2.05. The van der Waals surface area contributed by atoms with Crippen molar-refractivity contribution in [3.05, 3.63) is 29.8 Å². The zero-order valence-electron chi connectivity index (χ0n) is 11.7. The van der Waals surface area contributed by atoms with E-state index in [1.54, 1.807) is 0 Å². The van der Waals surface area contributed by atoms with Crippen LogP contribution in [0.2, 0.25) is 0 Å². The monoisotopic (exact) mass is 259 g/mol. The molecule has 0 atom stereocenters. The van der Waals surface area contributed by atoms with Crippen molar-refractivity contribution in [3.63, 3.8) is 0 Å². The highest BCUT2D eigenvalue weighted by Crippen LogP contribution is 2.31. The van der Waals surface area contributed by atoms with Crippen LogP contribution in [0.25, 0.3) is 0 Å². The Morgan fingerprint density at radius 1 is 0.947 bits per heavy atom. The number of phenols is 1. The van der Waals surface area contributed by atoms with Crippen LogP contribution in [-0.2, 0) is 0 Å². The van der Waals surface area contributed by atoms with Crippen LogP contribution in [0.15, 0.2) is 24.3 Å². The molecule has 0 bridgehead atoms. The molecule has 1 saturated carbocycles. The largest absolute Gasteiger partial charge is 0.508 e. The summed E-state index contributed by atoms with van der Waals surface area (Å²) in [6, 6.07) is 7.82. The summed E-state index contributed by atoms with van der Waals surface area (Å²) in [6.07, 6.45) is 8.37. The average molecular weight is 259 g/mol. The molecule has 0 aromatic heterocycles. The molecule has 1 saturated heterocycles. The first kappa shape index (κ1) is 13.0. The Kier molecular flexibility index (Phi) is 4.07. The molecular formula is C17H25NO. The summed E-state index contributed by atoms with van der Waals surface area (Å²) in [5, 5.41) is 9.35.